The number of amides is 2. The minimum atomic E-state index is -0.503. The molecule has 3 N–H and O–H groups in total. The number of nitrogens with zero attached hydrogens (tertiary/aromatic N) is 1. The largest absolute Gasteiger partial charge is 0.459 e. The molecule has 0 fully saturated rings. The van der Waals surface area contributed by atoms with E-state index in [1.165, 1.54) is 17.6 Å². The van der Waals surface area contributed by atoms with Gasteiger partial charge in [-0.15, -0.1) is 23.7 Å². The summed E-state index contributed by atoms with van der Waals surface area (Å²) in [4.78, 5) is 27.3. The number of nitrogens with one attached hydrogen (secondary N) is 1. The van der Waals surface area contributed by atoms with Gasteiger partial charge in [-0.1, -0.05) is 6.92 Å². The Balaban J connectivity index is 0.00000192. The third kappa shape index (κ3) is 3.41. The SMILES string of the molecule is CCN1CCc2c(sc(NC(=O)c3ccco3)c2C(N)=O)C1.Cl. The topological polar surface area (TPSA) is 88.6 Å². The van der Waals surface area contributed by atoms with Gasteiger partial charge in [-0.05, 0) is 30.7 Å². The Morgan fingerprint density at radius 3 is 2.87 bits per heavy atom. The molecule has 2 aromatic rings. The number of hydrogen-bond acceptors (Lipinski definition) is 5. The lowest BCUT2D eigenvalue weighted by Crippen LogP contribution is -2.30. The molecule has 0 bridgehead atoms. The molecular weight excluding hydrogens is 338 g/mol. The number of nitrogens with two attached hydrogens (primary N) is 1. The van der Waals surface area contributed by atoms with Gasteiger partial charge in [0.2, 0.25) is 0 Å². The van der Waals surface area contributed by atoms with E-state index in [1.54, 1.807) is 12.1 Å². The Labute approximate surface area is 144 Å². The molecule has 8 heteroatoms. The number of furan rings is 1. The first-order chi connectivity index (χ1) is 10.6. The summed E-state index contributed by atoms with van der Waals surface area (Å²) in [6, 6.07) is 3.22. The minimum absolute atomic E-state index is 0. The van der Waals surface area contributed by atoms with E-state index in [2.05, 4.69) is 17.1 Å². The number of thiophene rings is 1. The van der Waals surface area contributed by atoms with Crippen molar-refractivity contribution in [3.63, 3.8) is 0 Å². The van der Waals surface area contributed by atoms with Crippen molar-refractivity contribution in [2.75, 3.05) is 18.4 Å². The van der Waals surface area contributed by atoms with Gasteiger partial charge in [-0.2, -0.15) is 0 Å². The number of anilines is 1. The highest BCUT2D eigenvalue weighted by molar-refractivity contribution is 7.17. The van der Waals surface area contributed by atoms with Gasteiger partial charge in [-0.3, -0.25) is 14.5 Å². The van der Waals surface area contributed by atoms with Crippen LogP contribution in [0.1, 0.15) is 38.3 Å². The van der Waals surface area contributed by atoms with Crippen molar-refractivity contribution in [1.82, 2.24) is 4.90 Å². The lowest BCUT2D eigenvalue weighted by molar-refractivity contribution is 0.0997. The Kier molecular flexibility index (Phi) is 5.46. The average Bonchev–Trinajstić information content (AvgIpc) is 3.13. The van der Waals surface area contributed by atoms with E-state index in [0.29, 0.717) is 10.6 Å². The van der Waals surface area contributed by atoms with Crippen LogP contribution < -0.4 is 11.1 Å². The Morgan fingerprint density at radius 2 is 2.26 bits per heavy atom. The maximum atomic E-state index is 12.1. The van der Waals surface area contributed by atoms with E-state index in [1.807, 2.05) is 0 Å². The second-order valence-electron chi connectivity index (χ2n) is 5.12. The summed E-state index contributed by atoms with van der Waals surface area (Å²) < 4.78 is 5.07. The summed E-state index contributed by atoms with van der Waals surface area (Å²) in [7, 11) is 0. The zero-order chi connectivity index (χ0) is 15.7. The molecule has 0 spiro atoms. The lowest BCUT2D eigenvalue weighted by Gasteiger charge is -2.25. The maximum absolute atomic E-state index is 12.1. The molecule has 0 saturated carbocycles. The molecule has 1 aliphatic heterocycles. The summed E-state index contributed by atoms with van der Waals surface area (Å²) in [6.07, 6.45) is 2.21. The highest BCUT2D eigenvalue weighted by Crippen LogP contribution is 2.37. The molecule has 1 aliphatic rings. The van der Waals surface area contributed by atoms with Crippen molar-refractivity contribution >= 4 is 40.6 Å². The highest BCUT2D eigenvalue weighted by atomic mass is 35.5. The van der Waals surface area contributed by atoms with Crippen LogP contribution in [0.15, 0.2) is 22.8 Å². The fraction of sp³-hybridized carbons (Fsp3) is 0.333. The van der Waals surface area contributed by atoms with E-state index in [0.717, 1.165) is 36.5 Å². The molecule has 124 valence electrons. The van der Waals surface area contributed by atoms with Crippen molar-refractivity contribution < 1.29 is 14.0 Å². The Hall–Kier alpha value is -1.83. The molecule has 2 aromatic heterocycles. The lowest BCUT2D eigenvalue weighted by atomic mass is 10.0. The first-order valence-corrected chi connectivity index (χ1v) is 7.93. The number of carbonyl (C=O) groups is 2. The highest BCUT2D eigenvalue weighted by Gasteiger charge is 2.27. The zero-order valence-electron chi connectivity index (χ0n) is 12.6. The van der Waals surface area contributed by atoms with Gasteiger partial charge in [0.1, 0.15) is 5.00 Å². The van der Waals surface area contributed by atoms with Gasteiger partial charge in [0.25, 0.3) is 11.8 Å². The van der Waals surface area contributed by atoms with E-state index >= 15 is 0 Å². The fourth-order valence-electron chi connectivity index (χ4n) is 2.65. The normalized spacial score (nSPS) is 14.0. The van der Waals surface area contributed by atoms with Crippen LogP contribution in [0.25, 0.3) is 0 Å². The van der Waals surface area contributed by atoms with Crippen molar-refractivity contribution in [1.29, 1.82) is 0 Å². The Bertz CT molecular complexity index is 712. The van der Waals surface area contributed by atoms with Crippen molar-refractivity contribution in [2.45, 2.75) is 19.9 Å². The quantitative estimate of drug-likeness (QED) is 0.881. The van der Waals surface area contributed by atoms with Crippen LogP contribution >= 0.6 is 23.7 Å². The summed E-state index contributed by atoms with van der Waals surface area (Å²) >= 11 is 1.42. The molecule has 0 aromatic carbocycles. The van der Waals surface area contributed by atoms with E-state index in [4.69, 9.17) is 10.2 Å². The van der Waals surface area contributed by atoms with Crippen LogP contribution in [-0.4, -0.2) is 29.8 Å². The zero-order valence-corrected chi connectivity index (χ0v) is 14.3. The summed E-state index contributed by atoms with van der Waals surface area (Å²) in [5.41, 5.74) is 6.93. The number of carbonyl (C=O) groups excluding carboxylic acids is 2. The summed E-state index contributed by atoms with van der Waals surface area (Å²) in [6.45, 7) is 4.74. The molecule has 0 unspecified atom stereocenters. The summed E-state index contributed by atoms with van der Waals surface area (Å²) in [5.74, 6) is -0.674. The molecule has 0 radical (unpaired) electrons. The number of likely N-dealkylation sites (N-methyl/N-ethyl adjacent to an activating group) is 1. The monoisotopic (exact) mass is 355 g/mol. The van der Waals surface area contributed by atoms with Gasteiger partial charge in [0.15, 0.2) is 5.76 Å². The number of primary amides is 1. The number of fused-ring (bicyclic) bond motifs is 1. The molecule has 2 amide bonds. The van der Waals surface area contributed by atoms with Crippen molar-refractivity contribution in [3.8, 4) is 0 Å². The van der Waals surface area contributed by atoms with Crippen LogP contribution in [0, 0.1) is 0 Å². The number of hydrogen-bond donors (Lipinski definition) is 2. The second-order valence-corrected chi connectivity index (χ2v) is 6.23. The predicted molar refractivity (Wildman–Crippen MR) is 91.4 cm³/mol. The van der Waals surface area contributed by atoms with Crippen LogP contribution in [0.5, 0.6) is 0 Å². The van der Waals surface area contributed by atoms with Crippen molar-refractivity contribution in [2.24, 2.45) is 5.73 Å². The maximum Gasteiger partial charge on any atom is 0.291 e. The molecule has 3 heterocycles. The van der Waals surface area contributed by atoms with E-state index in [9.17, 15) is 9.59 Å². The van der Waals surface area contributed by atoms with E-state index in [-0.39, 0.29) is 24.1 Å². The smallest absolute Gasteiger partial charge is 0.291 e. The molecule has 23 heavy (non-hydrogen) atoms. The molecule has 0 aliphatic carbocycles. The first-order valence-electron chi connectivity index (χ1n) is 7.11. The van der Waals surface area contributed by atoms with Gasteiger partial charge >= 0.3 is 0 Å². The van der Waals surface area contributed by atoms with Crippen LogP contribution in [0.4, 0.5) is 5.00 Å². The van der Waals surface area contributed by atoms with Crippen LogP contribution in [0.3, 0.4) is 0 Å². The number of halogens is 1. The minimum Gasteiger partial charge on any atom is -0.459 e. The standard InChI is InChI=1S/C15H17N3O3S.ClH/c1-2-18-6-5-9-11(8-18)22-15(12(9)13(16)19)17-14(20)10-4-3-7-21-10;/h3-4,7H,2,5-6,8H2,1H3,(H2,16,19)(H,17,20);1H. The molecule has 0 atom stereocenters. The second kappa shape index (κ2) is 7.16. The predicted octanol–water partition coefficient (Wildman–Crippen LogP) is 2.49. The van der Waals surface area contributed by atoms with Crippen molar-refractivity contribution in [3.05, 3.63) is 40.2 Å². The molecule has 0 saturated heterocycles. The first kappa shape index (κ1) is 17.5. The van der Waals surface area contributed by atoms with Gasteiger partial charge < -0.3 is 15.5 Å². The molecule has 6 nitrogen and oxygen atoms in total. The average molecular weight is 356 g/mol. The van der Waals surface area contributed by atoms with Crippen LogP contribution in [0.2, 0.25) is 0 Å². The van der Waals surface area contributed by atoms with Gasteiger partial charge in [-0.25, -0.2) is 0 Å². The molecule has 3 rings (SSSR count). The Morgan fingerprint density at radius 1 is 1.48 bits per heavy atom. The summed E-state index contributed by atoms with van der Waals surface area (Å²) in [5, 5.41) is 3.26. The van der Waals surface area contributed by atoms with Gasteiger partial charge in [0.05, 0.1) is 11.8 Å². The third-order valence-electron chi connectivity index (χ3n) is 3.80. The fourth-order valence-corrected chi connectivity index (χ4v) is 3.94. The van der Waals surface area contributed by atoms with Gasteiger partial charge in [0, 0.05) is 18.0 Å². The molecular formula is C15H18ClN3O3S. The van der Waals surface area contributed by atoms with Crippen LogP contribution in [-0.2, 0) is 13.0 Å². The van der Waals surface area contributed by atoms with E-state index < -0.39 is 5.91 Å². The number of rotatable bonds is 4. The third-order valence-corrected chi connectivity index (χ3v) is 4.93.